The average Bonchev–Trinajstić information content (AvgIpc) is 2.91. The van der Waals surface area contributed by atoms with Gasteiger partial charge in [-0.25, -0.2) is 0 Å². The minimum Gasteiger partial charge on any atom is -0.380 e. The summed E-state index contributed by atoms with van der Waals surface area (Å²) in [6.07, 6.45) is 8.67. The molecule has 0 N–H and O–H groups in total. The Balaban J connectivity index is 1.40. The first-order valence-electron chi connectivity index (χ1n) is 9.67. The van der Waals surface area contributed by atoms with Crippen molar-refractivity contribution in [1.29, 1.82) is 0 Å². The van der Waals surface area contributed by atoms with Gasteiger partial charge >= 0.3 is 0 Å². The van der Waals surface area contributed by atoms with Gasteiger partial charge in [0.05, 0.1) is 19.6 Å². The molecule has 0 saturated carbocycles. The van der Waals surface area contributed by atoms with Gasteiger partial charge in [-0.2, -0.15) is 0 Å². The van der Waals surface area contributed by atoms with Crippen LogP contribution < -0.4 is 0 Å². The molecule has 2 fully saturated rings. The highest BCUT2D eigenvalue weighted by Crippen LogP contribution is 2.26. The summed E-state index contributed by atoms with van der Waals surface area (Å²) >= 11 is 0. The molecule has 6 nitrogen and oxygen atoms in total. The lowest BCUT2D eigenvalue weighted by Crippen LogP contribution is -2.52. The lowest BCUT2D eigenvalue weighted by atomic mass is 9.91. The third-order valence-corrected chi connectivity index (χ3v) is 5.56. The van der Waals surface area contributed by atoms with Gasteiger partial charge in [-0.05, 0) is 29.7 Å². The molecule has 142 valence electrons. The monoisotopic (exact) mass is 366 g/mol. The van der Waals surface area contributed by atoms with Crippen LogP contribution in [0.25, 0.3) is 0 Å². The van der Waals surface area contributed by atoms with Gasteiger partial charge in [0, 0.05) is 62.9 Å². The molecule has 1 amide bonds. The minimum atomic E-state index is 0.185. The lowest BCUT2D eigenvalue weighted by molar-refractivity contribution is -0.133. The Hall–Kier alpha value is -2.31. The number of likely N-dealkylation sites (tertiary alicyclic amines) is 1. The van der Waals surface area contributed by atoms with Crippen molar-refractivity contribution in [1.82, 2.24) is 19.8 Å². The van der Waals surface area contributed by atoms with Gasteiger partial charge in [-0.15, -0.1) is 0 Å². The summed E-state index contributed by atoms with van der Waals surface area (Å²) in [5.74, 6) is 0.542. The van der Waals surface area contributed by atoms with Crippen molar-refractivity contribution in [3.05, 3.63) is 60.2 Å². The number of carbonyl (C=O) groups excluding carboxylic acids is 1. The topological polar surface area (TPSA) is 58.6 Å². The van der Waals surface area contributed by atoms with Crippen LogP contribution >= 0.6 is 0 Å². The molecule has 4 heterocycles. The highest BCUT2D eigenvalue weighted by atomic mass is 16.5. The normalized spacial score (nSPS) is 23.5. The van der Waals surface area contributed by atoms with Crippen LogP contribution in [0.2, 0.25) is 0 Å². The van der Waals surface area contributed by atoms with E-state index >= 15 is 0 Å². The highest BCUT2D eigenvalue weighted by molar-refractivity contribution is 5.78. The third-order valence-electron chi connectivity index (χ3n) is 5.56. The molecule has 2 aromatic heterocycles. The average molecular weight is 366 g/mol. The molecular weight excluding hydrogens is 340 g/mol. The molecule has 2 aliphatic rings. The molecule has 0 aliphatic carbocycles. The molecule has 0 aromatic carbocycles. The number of piperidine rings is 1. The van der Waals surface area contributed by atoms with Crippen molar-refractivity contribution in [2.24, 2.45) is 5.92 Å². The van der Waals surface area contributed by atoms with E-state index in [1.165, 1.54) is 5.56 Å². The van der Waals surface area contributed by atoms with Crippen LogP contribution in [0.15, 0.2) is 49.1 Å². The van der Waals surface area contributed by atoms with E-state index in [0.717, 1.165) is 51.4 Å². The van der Waals surface area contributed by atoms with E-state index in [1.807, 2.05) is 35.5 Å². The van der Waals surface area contributed by atoms with E-state index in [4.69, 9.17) is 4.74 Å². The van der Waals surface area contributed by atoms with E-state index in [2.05, 4.69) is 20.9 Å². The second kappa shape index (κ2) is 8.59. The van der Waals surface area contributed by atoms with Crippen molar-refractivity contribution in [3.63, 3.8) is 0 Å². The molecule has 0 spiro atoms. The standard InChI is InChI=1S/C21H26N4O2/c26-21(11-17-3-1-6-22-12-17)25-8-5-20-19(15-25)16-27-10-9-24(20)14-18-4-2-7-23-13-18/h1-4,6-7,12-13,19-20H,5,8-11,14-16H2. The molecule has 6 heteroatoms. The van der Waals surface area contributed by atoms with Crippen LogP contribution in [0, 0.1) is 5.92 Å². The number of pyridine rings is 2. The first kappa shape index (κ1) is 18.1. The zero-order chi connectivity index (χ0) is 18.5. The van der Waals surface area contributed by atoms with Gasteiger partial charge in [-0.3, -0.25) is 19.7 Å². The Morgan fingerprint density at radius 3 is 2.63 bits per heavy atom. The van der Waals surface area contributed by atoms with Crippen LogP contribution in [0.4, 0.5) is 0 Å². The summed E-state index contributed by atoms with van der Waals surface area (Å²) in [6, 6.07) is 8.41. The molecule has 4 rings (SSSR count). The Morgan fingerprint density at radius 2 is 1.89 bits per heavy atom. The van der Waals surface area contributed by atoms with Crippen LogP contribution in [-0.4, -0.2) is 64.6 Å². The van der Waals surface area contributed by atoms with E-state index in [0.29, 0.717) is 18.4 Å². The maximum absolute atomic E-state index is 12.7. The summed E-state index contributed by atoms with van der Waals surface area (Å²) in [4.78, 5) is 25.6. The summed E-state index contributed by atoms with van der Waals surface area (Å²) in [6.45, 7) is 4.88. The molecule has 2 saturated heterocycles. The molecule has 0 radical (unpaired) electrons. The van der Waals surface area contributed by atoms with Gasteiger partial charge in [0.25, 0.3) is 0 Å². The summed E-state index contributed by atoms with van der Waals surface area (Å²) in [7, 11) is 0. The Kier molecular flexibility index (Phi) is 5.75. The van der Waals surface area contributed by atoms with Crippen molar-refractivity contribution < 1.29 is 9.53 Å². The Labute approximate surface area is 160 Å². The van der Waals surface area contributed by atoms with E-state index < -0.39 is 0 Å². The largest absolute Gasteiger partial charge is 0.380 e. The molecule has 0 bridgehead atoms. The number of amides is 1. The van der Waals surface area contributed by atoms with Gasteiger partial charge in [0.2, 0.25) is 5.91 Å². The maximum Gasteiger partial charge on any atom is 0.227 e. The second-order valence-electron chi connectivity index (χ2n) is 7.40. The van der Waals surface area contributed by atoms with Crippen LogP contribution in [0.1, 0.15) is 17.5 Å². The predicted octanol–water partition coefficient (Wildman–Crippen LogP) is 1.77. The molecule has 2 atom stereocenters. The highest BCUT2D eigenvalue weighted by Gasteiger charge is 2.36. The molecule has 2 aliphatic heterocycles. The fraction of sp³-hybridized carbons (Fsp3) is 0.476. The first-order valence-corrected chi connectivity index (χ1v) is 9.67. The minimum absolute atomic E-state index is 0.185. The predicted molar refractivity (Wildman–Crippen MR) is 102 cm³/mol. The van der Waals surface area contributed by atoms with E-state index in [1.54, 1.807) is 12.4 Å². The summed E-state index contributed by atoms with van der Waals surface area (Å²) in [5.41, 5.74) is 2.20. The van der Waals surface area contributed by atoms with Crippen molar-refractivity contribution in [3.8, 4) is 0 Å². The smallest absolute Gasteiger partial charge is 0.227 e. The fourth-order valence-electron chi connectivity index (χ4n) is 4.18. The van der Waals surface area contributed by atoms with Crippen molar-refractivity contribution in [2.45, 2.75) is 25.4 Å². The second-order valence-corrected chi connectivity index (χ2v) is 7.40. The Morgan fingerprint density at radius 1 is 1.11 bits per heavy atom. The fourth-order valence-corrected chi connectivity index (χ4v) is 4.18. The van der Waals surface area contributed by atoms with Gasteiger partial charge in [-0.1, -0.05) is 12.1 Å². The van der Waals surface area contributed by atoms with Gasteiger partial charge in [0.15, 0.2) is 0 Å². The number of aromatic nitrogens is 2. The SMILES string of the molecule is O=C(Cc1cccnc1)N1CCC2C(COCCN2Cc2cccnc2)C1. The maximum atomic E-state index is 12.7. The zero-order valence-electron chi connectivity index (χ0n) is 15.5. The van der Waals surface area contributed by atoms with E-state index in [9.17, 15) is 4.79 Å². The van der Waals surface area contributed by atoms with Crippen molar-refractivity contribution >= 4 is 5.91 Å². The van der Waals surface area contributed by atoms with Crippen molar-refractivity contribution in [2.75, 3.05) is 32.8 Å². The third kappa shape index (κ3) is 4.51. The summed E-state index contributed by atoms with van der Waals surface area (Å²) < 4.78 is 5.87. The molecule has 2 aromatic rings. The van der Waals surface area contributed by atoms with Crippen LogP contribution in [-0.2, 0) is 22.5 Å². The number of nitrogens with zero attached hydrogens (tertiary/aromatic N) is 4. The van der Waals surface area contributed by atoms with Crippen LogP contribution in [0.3, 0.4) is 0 Å². The number of fused-ring (bicyclic) bond motifs is 1. The summed E-state index contributed by atoms with van der Waals surface area (Å²) in [5, 5.41) is 0. The quantitative estimate of drug-likeness (QED) is 0.825. The molecular formula is C21H26N4O2. The van der Waals surface area contributed by atoms with Gasteiger partial charge < -0.3 is 9.64 Å². The molecule has 27 heavy (non-hydrogen) atoms. The first-order chi connectivity index (χ1) is 13.3. The lowest BCUT2D eigenvalue weighted by Gasteiger charge is -2.42. The Bertz CT molecular complexity index is 740. The van der Waals surface area contributed by atoms with E-state index in [-0.39, 0.29) is 5.91 Å². The number of ether oxygens (including phenoxy) is 1. The zero-order valence-corrected chi connectivity index (χ0v) is 15.5. The number of rotatable bonds is 4. The number of carbonyl (C=O) groups is 1. The number of hydrogen-bond acceptors (Lipinski definition) is 5. The van der Waals surface area contributed by atoms with Gasteiger partial charge in [0.1, 0.15) is 0 Å². The molecule has 2 unspecified atom stereocenters. The number of hydrogen-bond donors (Lipinski definition) is 0. The van der Waals surface area contributed by atoms with Crippen LogP contribution in [0.5, 0.6) is 0 Å².